The average Bonchev–Trinajstić information content (AvgIpc) is 3.04. The molecule has 4 fully saturated rings. The average molecular weight is 407 g/mol. The molecule has 0 aromatic carbocycles. The van der Waals surface area contributed by atoms with Crippen molar-refractivity contribution in [3.8, 4) is 0 Å². The van der Waals surface area contributed by atoms with Crippen LogP contribution in [0.25, 0.3) is 0 Å². The molecule has 10 atom stereocenters. The molecule has 4 nitrogen and oxygen atoms in total. The molecule has 4 heteroatoms. The van der Waals surface area contributed by atoms with E-state index in [1.807, 2.05) is 0 Å². The lowest BCUT2D eigenvalue weighted by atomic mass is 9.43. The largest absolute Gasteiger partial charge is 0.469 e. The molecule has 0 spiro atoms. The first-order valence-electron chi connectivity index (χ1n) is 12.1. The van der Waals surface area contributed by atoms with E-state index in [0.717, 1.165) is 32.1 Å². The van der Waals surface area contributed by atoms with E-state index in [1.54, 1.807) is 0 Å². The molecule has 4 aliphatic rings. The highest BCUT2D eigenvalue weighted by Crippen LogP contribution is 2.68. The van der Waals surface area contributed by atoms with Crippen LogP contribution < -0.4 is 0 Å². The highest BCUT2D eigenvalue weighted by Gasteiger charge is 2.62. The van der Waals surface area contributed by atoms with E-state index < -0.39 is 0 Å². The quantitative estimate of drug-likeness (QED) is 0.671. The molecule has 4 rings (SSSR count). The Bertz CT molecular complexity index is 620. The molecule has 166 valence electrons. The second-order valence-electron chi connectivity index (χ2n) is 11.5. The number of aliphatic hydroxyl groups excluding tert-OH is 2. The van der Waals surface area contributed by atoms with Crippen LogP contribution in [0.2, 0.25) is 0 Å². The summed E-state index contributed by atoms with van der Waals surface area (Å²) in [6, 6.07) is 0. The Hall–Kier alpha value is -0.610. The van der Waals surface area contributed by atoms with Crippen molar-refractivity contribution < 1.29 is 19.7 Å². The number of aliphatic hydroxyl groups is 2. The van der Waals surface area contributed by atoms with E-state index in [0.29, 0.717) is 47.3 Å². The molecule has 0 aromatic rings. The summed E-state index contributed by atoms with van der Waals surface area (Å²) in [6.45, 7) is 7.29. The van der Waals surface area contributed by atoms with Crippen molar-refractivity contribution >= 4 is 5.97 Å². The van der Waals surface area contributed by atoms with Crippen LogP contribution in [0.3, 0.4) is 0 Å². The van der Waals surface area contributed by atoms with Crippen LogP contribution in [0.15, 0.2) is 0 Å². The Labute approximate surface area is 176 Å². The molecule has 0 aliphatic heterocycles. The summed E-state index contributed by atoms with van der Waals surface area (Å²) in [6.07, 6.45) is 9.80. The van der Waals surface area contributed by atoms with E-state index in [4.69, 9.17) is 4.74 Å². The number of hydrogen-bond donors (Lipinski definition) is 2. The number of ether oxygens (including phenoxy) is 1. The van der Waals surface area contributed by atoms with Crippen molar-refractivity contribution in [3.63, 3.8) is 0 Å². The second-order valence-corrected chi connectivity index (χ2v) is 11.5. The minimum Gasteiger partial charge on any atom is -0.469 e. The number of hydrogen-bond acceptors (Lipinski definition) is 4. The molecular weight excluding hydrogens is 364 g/mol. The summed E-state index contributed by atoms with van der Waals surface area (Å²) in [5.41, 5.74) is 0.577. The predicted molar refractivity (Wildman–Crippen MR) is 113 cm³/mol. The summed E-state index contributed by atoms with van der Waals surface area (Å²) in [5, 5.41) is 21.5. The van der Waals surface area contributed by atoms with Crippen LogP contribution in [0, 0.1) is 46.3 Å². The van der Waals surface area contributed by atoms with Gasteiger partial charge in [-0.05, 0) is 104 Å². The third kappa shape index (κ3) is 3.46. The number of fused-ring (bicyclic) bond motifs is 5. The predicted octanol–water partition coefficient (Wildman–Crippen LogP) is 4.57. The molecule has 29 heavy (non-hydrogen) atoms. The van der Waals surface area contributed by atoms with Crippen molar-refractivity contribution in [2.24, 2.45) is 46.3 Å². The maximum Gasteiger partial charge on any atom is 0.305 e. The first-order valence-corrected chi connectivity index (χ1v) is 12.1. The third-order valence-corrected chi connectivity index (χ3v) is 10.4. The van der Waals surface area contributed by atoms with Crippen molar-refractivity contribution in [1.29, 1.82) is 0 Å². The number of carbonyl (C=O) groups excluding carboxylic acids is 1. The molecule has 0 saturated heterocycles. The third-order valence-electron chi connectivity index (χ3n) is 10.4. The van der Waals surface area contributed by atoms with Gasteiger partial charge in [0.1, 0.15) is 0 Å². The Morgan fingerprint density at radius 2 is 1.72 bits per heavy atom. The Kier molecular flexibility index (Phi) is 5.83. The topological polar surface area (TPSA) is 66.8 Å². The SMILES string of the molecule is COC(=O)CC[C@@H](C)[C@@H]1CC[C@@H]2[C@H]3[C@H](O)C[C@H]4C[C@@H](O)CC[C@]4(C)[C@@H]3CC[C@]21C. The van der Waals surface area contributed by atoms with Crippen LogP contribution in [0.5, 0.6) is 0 Å². The number of rotatable bonds is 4. The molecule has 0 unspecified atom stereocenters. The summed E-state index contributed by atoms with van der Waals surface area (Å²) in [4.78, 5) is 11.6. The van der Waals surface area contributed by atoms with Gasteiger partial charge in [0.15, 0.2) is 0 Å². The first-order chi connectivity index (χ1) is 13.7. The van der Waals surface area contributed by atoms with E-state index in [-0.39, 0.29) is 23.6 Å². The van der Waals surface area contributed by atoms with Gasteiger partial charge in [0, 0.05) is 6.42 Å². The van der Waals surface area contributed by atoms with Gasteiger partial charge in [-0.2, -0.15) is 0 Å². The summed E-state index contributed by atoms with van der Waals surface area (Å²) in [5.74, 6) is 3.17. The molecule has 2 N–H and O–H groups in total. The Morgan fingerprint density at radius 3 is 2.45 bits per heavy atom. The van der Waals surface area contributed by atoms with Crippen molar-refractivity contribution in [3.05, 3.63) is 0 Å². The normalized spacial score (nSPS) is 50.2. The maximum absolute atomic E-state index is 11.6. The van der Waals surface area contributed by atoms with Crippen LogP contribution in [0.4, 0.5) is 0 Å². The van der Waals surface area contributed by atoms with Gasteiger partial charge in [-0.3, -0.25) is 4.79 Å². The molecule has 0 aromatic heterocycles. The standard InChI is InChI=1S/C25H42O4/c1-15(5-8-22(28)29-4)18-6-7-19-23-20(10-12-25(18,19)3)24(2)11-9-17(26)13-16(24)14-21(23)27/h15-21,23,26-27H,5-14H2,1-4H3/t15-,16-,17+,18+,19-,20-,21-,23-,24+,25+/m1/s1. The van der Waals surface area contributed by atoms with Crippen LogP contribution in [-0.4, -0.2) is 35.5 Å². The van der Waals surface area contributed by atoms with Crippen molar-refractivity contribution in [2.45, 2.75) is 97.2 Å². The summed E-state index contributed by atoms with van der Waals surface area (Å²) >= 11 is 0. The van der Waals surface area contributed by atoms with E-state index in [9.17, 15) is 15.0 Å². The van der Waals surface area contributed by atoms with Gasteiger partial charge >= 0.3 is 5.97 Å². The monoisotopic (exact) mass is 406 g/mol. The van der Waals surface area contributed by atoms with E-state index in [2.05, 4.69) is 20.8 Å². The lowest BCUT2D eigenvalue weighted by molar-refractivity contribution is -0.174. The van der Waals surface area contributed by atoms with Gasteiger partial charge in [-0.25, -0.2) is 0 Å². The van der Waals surface area contributed by atoms with Gasteiger partial charge in [-0.15, -0.1) is 0 Å². The second kappa shape index (κ2) is 7.82. The summed E-state index contributed by atoms with van der Waals surface area (Å²) < 4.78 is 4.86. The molecule has 0 amide bonds. The minimum absolute atomic E-state index is 0.0959. The molecular formula is C25H42O4. The van der Waals surface area contributed by atoms with E-state index >= 15 is 0 Å². The fourth-order valence-corrected chi connectivity index (χ4v) is 8.82. The number of esters is 1. The molecule has 0 heterocycles. The smallest absolute Gasteiger partial charge is 0.305 e. The number of carbonyl (C=O) groups is 1. The van der Waals surface area contributed by atoms with Crippen molar-refractivity contribution in [1.82, 2.24) is 0 Å². The zero-order valence-electron chi connectivity index (χ0n) is 18.9. The van der Waals surface area contributed by atoms with E-state index in [1.165, 1.54) is 32.8 Å². The lowest BCUT2D eigenvalue weighted by Crippen LogP contribution is -2.58. The fourth-order valence-electron chi connectivity index (χ4n) is 8.82. The molecule has 0 radical (unpaired) electrons. The zero-order chi connectivity index (χ0) is 21.0. The Morgan fingerprint density at radius 1 is 1.03 bits per heavy atom. The van der Waals surface area contributed by atoms with Gasteiger partial charge < -0.3 is 14.9 Å². The zero-order valence-corrected chi connectivity index (χ0v) is 18.9. The van der Waals surface area contributed by atoms with Gasteiger partial charge in [0.25, 0.3) is 0 Å². The fraction of sp³-hybridized carbons (Fsp3) is 0.960. The summed E-state index contributed by atoms with van der Waals surface area (Å²) in [7, 11) is 1.48. The highest BCUT2D eigenvalue weighted by molar-refractivity contribution is 5.69. The van der Waals surface area contributed by atoms with Crippen LogP contribution in [0.1, 0.15) is 85.0 Å². The molecule has 4 aliphatic carbocycles. The molecule has 0 bridgehead atoms. The minimum atomic E-state index is -0.211. The van der Waals surface area contributed by atoms with Gasteiger partial charge in [0.2, 0.25) is 0 Å². The highest BCUT2D eigenvalue weighted by atomic mass is 16.5. The van der Waals surface area contributed by atoms with Gasteiger partial charge in [-0.1, -0.05) is 20.8 Å². The van der Waals surface area contributed by atoms with Crippen LogP contribution in [-0.2, 0) is 9.53 Å². The van der Waals surface area contributed by atoms with Crippen LogP contribution >= 0.6 is 0 Å². The maximum atomic E-state index is 11.6. The lowest BCUT2D eigenvalue weighted by Gasteiger charge is -2.62. The number of methoxy groups -OCH3 is 1. The molecule has 4 saturated carbocycles. The van der Waals surface area contributed by atoms with Crippen molar-refractivity contribution in [2.75, 3.05) is 7.11 Å². The van der Waals surface area contributed by atoms with Gasteiger partial charge in [0.05, 0.1) is 19.3 Å². The Balaban J connectivity index is 1.53. The first kappa shape index (κ1) is 21.6.